The molecule has 2 amide bonds. The fraction of sp³-hybridized carbons (Fsp3) is 0.267. The highest BCUT2D eigenvalue weighted by atomic mass is 16.7. The Morgan fingerprint density at radius 2 is 2.00 bits per heavy atom. The van der Waals surface area contributed by atoms with Crippen LogP contribution in [0.1, 0.15) is 39.1 Å². The molecule has 1 N–H and O–H groups in total. The lowest BCUT2D eigenvalue weighted by Crippen LogP contribution is -2.48. The molecule has 3 rings (SSSR count). The molecule has 0 saturated carbocycles. The Morgan fingerprint density at radius 3 is 2.67 bits per heavy atom. The molecule has 0 spiro atoms. The van der Waals surface area contributed by atoms with E-state index in [1.165, 1.54) is 18.2 Å². The van der Waals surface area contributed by atoms with E-state index < -0.39 is 42.6 Å². The number of ether oxygens (including phenoxy) is 2. The predicted molar refractivity (Wildman–Crippen MR) is 73.9 cm³/mol. The van der Waals surface area contributed by atoms with E-state index in [-0.39, 0.29) is 29.5 Å². The van der Waals surface area contributed by atoms with Crippen molar-refractivity contribution in [1.82, 2.24) is 4.90 Å². The van der Waals surface area contributed by atoms with Gasteiger partial charge in [0.15, 0.2) is 0 Å². The molecule has 2 heterocycles. The number of hydrogen-bond donors (Lipinski definition) is 1. The second-order valence-electron chi connectivity index (χ2n) is 5.22. The largest absolute Gasteiger partial charge is 0.506 e. The monoisotopic (exact) mass is 333 g/mol. The molecule has 1 unspecified atom stereocenters. The van der Waals surface area contributed by atoms with Crippen LogP contribution in [0.25, 0.3) is 0 Å². The number of carboxylic acid groups (broad SMARTS) is 1. The van der Waals surface area contributed by atoms with E-state index in [9.17, 15) is 24.0 Å². The second kappa shape index (κ2) is 5.76. The number of imide groups is 1. The number of carbonyl (C=O) groups excluding carboxylic acids is 4. The van der Waals surface area contributed by atoms with E-state index in [2.05, 4.69) is 9.47 Å². The molecule has 0 aliphatic carbocycles. The number of esters is 2. The molecule has 9 heteroatoms. The van der Waals surface area contributed by atoms with Gasteiger partial charge in [-0.15, -0.1) is 0 Å². The van der Waals surface area contributed by atoms with Crippen LogP contribution in [0.5, 0.6) is 0 Å². The molecule has 1 atom stereocenters. The van der Waals surface area contributed by atoms with Gasteiger partial charge in [0.2, 0.25) is 0 Å². The van der Waals surface area contributed by atoms with Gasteiger partial charge in [0.1, 0.15) is 12.6 Å². The molecule has 0 aromatic heterocycles. The zero-order valence-corrected chi connectivity index (χ0v) is 12.2. The van der Waals surface area contributed by atoms with Crippen molar-refractivity contribution in [1.29, 1.82) is 0 Å². The third-order valence-electron chi connectivity index (χ3n) is 3.80. The summed E-state index contributed by atoms with van der Waals surface area (Å²) in [5, 5.41) is 8.58. The average molecular weight is 333 g/mol. The van der Waals surface area contributed by atoms with Gasteiger partial charge in [-0.05, 0) is 12.5 Å². The van der Waals surface area contributed by atoms with Crippen molar-refractivity contribution in [3.63, 3.8) is 0 Å². The molecular formula is C15H11NO8. The van der Waals surface area contributed by atoms with Gasteiger partial charge >= 0.3 is 18.1 Å². The van der Waals surface area contributed by atoms with Crippen LogP contribution >= 0.6 is 0 Å². The van der Waals surface area contributed by atoms with Gasteiger partial charge in [0.25, 0.3) is 11.8 Å². The van der Waals surface area contributed by atoms with Crippen LogP contribution in [0.15, 0.2) is 18.2 Å². The first kappa shape index (κ1) is 15.7. The molecule has 2 aliphatic heterocycles. The zero-order valence-electron chi connectivity index (χ0n) is 12.2. The number of fused-ring (bicyclic) bond motifs is 1. The minimum atomic E-state index is -1.52. The second-order valence-corrected chi connectivity index (χ2v) is 5.22. The maximum atomic E-state index is 12.6. The van der Waals surface area contributed by atoms with Crippen LogP contribution in [0.2, 0.25) is 0 Å². The summed E-state index contributed by atoms with van der Waals surface area (Å²) in [6.07, 6.45) is -1.61. The van der Waals surface area contributed by atoms with E-state index in [1.807, 2.05) is 0 Å². The summed E-state index contributed by atoms with van der Waals surface area (Å²) in [7, 11) is 0. The van der Waals surface area contributed by atoms with Crippen molar-refractivity contribution < 1.29 is 38.6 Å². The molecule has 0 radical (unpaired) electrons. The summed E-state index contributed by atoms with van der Waals surface area (Å²) >= 11 is 0. The maximum Gasteiger partial charge on any atom is 0.506 e. The normalized spacial score (nSPS) is 20.0. The number of benzene rings is 1. The van der Waals surface area contributed by atoms with Gasteiger partial charge in [-0.2, -0.15) is 0 Å². The molecule has 0 bridgehead atoms. The summed E-state index contributed by atoms with van der Waals surface area (Å²) in [4.78, 5) is 59.3. The Hall–Kier alpha value is -3.23. The van der Waals surface area contributed by atoms with Gasteiger partial charge in [-0.25, -0.2) is 9.59 Å². The average Bonchev–Trinajstić information content (AvgIpc) is 2.78. The molecule has 1 aromatic rings. The first-order chi connectivity index (χ1) is 11.4. The molecule has 9 nitrogen and oxygen atoms in total. The lowest BCUT2D eigenvalue weighted by atomic mass is 10.0. The van der Waals surface area contributed by atoms with Crippen LogP contribution in [0, 0.1) is 0 Å². The van der Waals surface area contributed by atoms with Crippen LogP contribution < -0.4 is 0 Å². The van der Waals surface area contributed by atoms with Crippen molar-refractivity contribution in [2.75, 3.05) is 0 Å². The summed E-state index contributed by atoms with van der Waals surface area (Å²) in [5.41, 5.74) is 0.264. The van der Waals surface area contributed by atoms with Crippen molar-refractivity contribution in [3.05, 3.63) is 34.9 Å². The summed E-state index contributed by atoms with van der Waals surface area (Å²) < 4.78 is 8.94. The standard InChI is InChI=1S/C15H11NO8/c17-10-5-4-9(14(20)24-10)16-12(18)8-3-1-2-7(6-23-15(21)22)11(8)13(16)19/h1-3,9H,4-6H2,(H,21,22). The Balaban J connectivity index is 1.94. The van der Waals surface area contributed by atoms with Crippen molar-refractivity contribution in [2.45, 2.75) is 25.5 Å². The van der Waals surface area contributed by atoms with Crippen LogP contribution in [-0.2, 0) is 25.7 Å². The van der Waals surface area contributed by atoms with Crippen LogP contribution in [0.4, 0.5) is 4.79 Å². The van der Waals surface area contributed by atoms with Crippen molar-refractivity contribution in [2.24, 2.45) is 0 Å². The third kappa shape index (κ3) is 2.49. The predicted octanol–water partition coefficient (Wildman–Crippen LogP) is 0.709. The topological polar surface area (TPSA) is 127 Å². The smallest absolute Gasteiger partial charge is 0.450 e. The van der Waals surface area contributed by atoms with Gasteiger partial charge in [0.05, 0.1) is 11.1 Å². The van der Waals surface area contributed by atoms with Gasteiger partial charge in [-0.1, -0.05) is 12.1 Å². The number of hydrogen-bond acceptors (Lipinski definition) is 7. The Labute approximate surface area is 134 Å². The quantitative estimate of drug-likeness (QED) is 0.486. The van der Waals surface area contributed by atoms with E-state index in [0.717, 1.165) is 4.90 Å². The molecule has 1 aromatic carbocycles. The number of rotatable bonds is 3. The summed E-state index contributed by atoms with van der Waals surface area (Å²) in [5.74, 6) is -3.09. The van der Waals surface area contributed by atoms with E-state index in [1.54, 1.807) is 0 Å². The molecule has 124 valence electrons. The molecule has 2 aliphatic rings. The van der Waals surface area contributed by atoms with E-state index in [4.69, 9.17) is 5.11 Å². The number of nitrogens with zero attached hydrogens (tertiary/aromatic N) is 1. The Morgan fingerprint density at radius 1 is 1.25 bits per heavy atom. The SMILES string of the molecule is O=C(O)OCc1cccc2c1C(=O)N(C1CCC(=O)OC1=O)C2=O. The molecular weight excluding hydrogens is 322 g/mol. The maximum absolute atomic E-state index is 12.6. The van der Waals surface area contributed by atoms with Gasteiger partial charge < -0.3 is 14.6 Å². The van der Waals surface area contributed by atoms with Crippen LogP contribution in [-0.4, -0.2) is 46.0 Å². The molecule has 24 heavy (non-hydrogen) atoms. The fourth-order valence-corrected chi connectivity index (χ4v) is 2.75. The number of cyclic esters (lactones) is 2. The van der Waals surface area contributed by atoms with Gasteiger partial charge in [-0.3, -0.25) is 19.3 Å². The number of carbonyl (C=O) groups is 5. The highest BCUT2D eigenvalue weighted by Crippen LogP contribution is 2.30. The number of amides is 2. The van der Waals surface area contributed by atoms with Crippen LogP contribution in [0.3, 0.4) is 0 Å². The highest BCUT2D eigenvalue weighted by molar-refractivity contribution is 6.23. The van der Waals surface area contributed by atoms with Crippen molar-refractivity contribution in [3.8, 4) is 0 Å². The first-order valence-electron chi connectivity index (χ1n) is 7.00. The van der Waals surface area contributed by atoms with Gasteiger partial charge in [0, 0.05) is 12.0 Å². The Bertz CT molecular complexity index is 784. The minimum absolute atomic E-state index is 0.00606. The van der Waals surface area contributed by atoms with E-state index >= 15 is 0 Å². The lowest BCUT2D eigenvalue weighted by molar-refractivity contribution is -0.167. The first-order valence-corrected chi connectivity index (χ1v) is 7.00. The fourth-order valence-electron chi connectivity index (χ4n) is 2.75. The van der Waals surface area contributed by atoms with Crippen molar-refractivity contribution >= 4 is 29.9 Å². The zero-order chi connectivity index (χ0) is 17.4. The lowest BCUT2D eigenvalue weighted by Gasteiger charge is -2.26. The third-order valence-corrected chi connectivity index (χ3v) is 3.80. The summed E-state index contributed by atoms with van der Waals surface area (Å²) in [6, 6.07) is 3.16. The molecule has 1 saturated heterocycles. The summed E-state index contributed by atoms with van der Waals surface area (Å²) in [6.45, 7) is -0.404. The van der Waals surface area contributed by atoms with E-state index in [0.29, 0.717) is 0 Å². The highest BCUT2D eigenvalue weighted by Gasteiger charge is 2.46. The molecule has 1 fully saturated rings. The Kier molecular flexibility index (Phi) is 3.76. The minimum Gasteiger partial charge on any atom is -0.450 e.